The molecule has 2 aliphatic heterocycles. The van der Waals surface area contributed by atoms with E-state index in [1.54, 1.807) is 7.11 Å². The monoisotopic (exact) mass is 574 g/mol. The Labute approximate surface area is 250 Å². The predicted octanol–water partition coefficient (Wildman–Crippen LogP) is 5.11. The van der Waals surface area contributed by atoms with Crippen LogP contribution in [0, 0.1) is 5.92 Å². The Kier molecular flexibility index (Phi) is 10.7. The Hall–Kier alpha value is -2.90. The molecule has 218 valence electrons. The molecule has 1 amide bonds. The van der Waals surface area contributed by atoms with Gasteiger partial charge in [-0.05, 0) is 67.6 Å². The Morgan fingerprint density at radius 2 is 1.59 bits per heavy atom. The van der Waals surface area contributed by atoms with Crippen molar-refractivity contribution in [3.05, 3.63) is 101 Å². The van der Waals surface area contributed by atoms with Gasteiger partial charge in [0.1, 0.15) is 5.75 Å². The van der Waals surface area contributed by atoms with Gasteiger partial charge in [-0.25, -0.2) is 0 Å². The second-order valence-electron chi connectivity index (χ2n) is 11.3. The van der Waals surface area contributed by atoms with Gasteiger partial charge in [-0.2, -0.15) is 0 Å². The number of hydrogen-bond acceptors (Lipinski definition) is 5. The molecule has 0 bridgehead atoms. The van der Waals surface area contributed by atoms with Gasteiger partial charge in [0.25, 0.3) is 0 Å². The molecule has 0 aliphatic carbocycles. The third-order valence-electron chi connectivity index (χ3n) is 8.61. The summed E-state index contributed by atoms with van der Waals surface area (Å²) < 4.78 is 5.55. The highest BCUT2D eigenvalue weighted by Crippen LogP contribution is 2.25. The summed E-state index contributed by atoms with van der Waals surface area (Å²) in [5.41, 5.74) is 3.69. The molecule has 2 aliphatic rings. The fourth-order valence-corrected chi connectivity index (χ4v) is 6.38. The zero-order valence-electron chi connectivity index (χ0n) is 24.2. The van der Waals surface area contributed by atoms with Crippen LogP contribution < -0.4 is 10.1 Å². The summed E-state index contributed by atoms with van der Waals surface area (Å²) in [7, 11) is 1.72. The number of halogens is 1. The Morgan fingerprint density at radius 1 is 0.878 bits per heavy atom. The molecule has 5 rings (SSSR count). The molecule has 2 heterocycles. The third kappa shape index (κ3) is 8.32. The number of para-hydroxylation sites is 1. The Morgan fingerprint density at radius 3 is 2.32 bits per heavy atom. The van der Waals surface area contributed by atoms with Gasteiger partial charge in [-0.1, -0.05) is 72.3 Å². The smallest absolute Gasteiger partial charge is 0.240 e. The van der Waals surface area contributed by atoms with E-state index in [9.17, 15) is 4.79 Å². The average Bonchev–Trinajstić information content (AvgIpc) is 3.02. The first-order chi connectivity index (χ1) is 20.1. The summed E-state index contributed by atoms with van der Waals surface area (Å²) in [4.78, 5) is 21.1. The number of ether oxygens (including phenoxy) is 1. The van der Waals surface area contributed by atoms with Crippen molar-refractivity contribution in [1.29, 1.82) is 0 Å². The van der Waals surface area contributed by atoms with E-state index in [4.69, 9.17) is 16.3 Å². The average molecular weight is 575 g/mol. The number of amides is 1. The summed E-state index contributed by atoms with van der Waals surface area (Å²) in [5.74, 6) is 1.52. The second kappa shape index (κ2) is 14.8. The van der Waals surface area contributed by atoms with Gasteiger partial charge in [-0.15, -0.1) is 0 Å². The fourth-order valence-electron chi connectivity index (χ4n) is 6.17. The summed E-state index contributed by atoms with van der Waals surface area (Å²) in [5, 5.41) is 4.49. The highest BCUT2D eigenvalue weighted by molar-refractivity contribution is 6.30. The number of nitrogens with zero attached hydrogens (tertiary/aromatic N) is 3. The van der Waals surface area contributed by atoms with Crippen LogP contribution in [0.1, 0.15) is 29.5 Å². The molecule has 7 heteroatoms. The maximum Gasteiger partial charge on any atom is 0.240 e. The van der Waals surface area contributed by atoms with Crippen LogP contribution in [0.3, 0.4) is 0 Å². The van der Waals surface area contributed by atoms with Crippen molar-refractivity contribution in [2.45, 2.75) is 38.4 Å². The number of rotatable bonds is 11. The van der Waals surface area contributed by atoms with E-state index < -0.39 is 0 Å². The van der Waals surface area contributed by atoms with Gasteiger partial charge in [0, 0.05) is 56.4 Å². The molecule has 0 radical (unpaired) electrons. The lowest BCUT2D eigenvalue weighted by molar-refractivity contribution is -0.137. The first-order valence-corrected chi connectivity index (χ1v) is 15.3. The molecule has 0 spiro atoms. The van der Waals surface area contributed by atoms with Gasteiger partial charge in [0.2, 0.25) is 5.91 Å². The first-order valence-electron chi connectivity index (χ1n) is 15.0. The first kappa shape index (κ1) is 29.6. The van der Waals surface area contributed by atoms with E-state index in [-0.39, 0.29) is 11.9 Å². The van der Waals surface area contributed by atoms with Crippen LogP contribution in [0.5, 0.6) is 5.75 Å². The number of carbonyl (C=O) groups is 1. The lowest BCUT2D eigenvalue weighted by Gasteiger charge is -2.40. The number of carbonyl (C=O) groups excluding carboxylic acids is 1. The Bertz CT molecular complexity index is 1240. The van der Waals surface area contributed by atoms with Crippen LogP contribution in [0.15, 0.2) is 78.9 Å². The zero-order chi connectivity index (χ0) is 28.4. The number of methoxy groups -OCH3 is 1. The van der Waals surface area contributed by atoms with Gasteiger partial charge in [0.05, 0.1) is 13.2 Å². The number of hydrogen-bond donors (Lipinski definition) is 1. The van der Waals surface area contributed by atoms with Gasteiger partial charge < -0.3 is 19.9 Å². The van der Waals surface area contributed by atoms with Crippen molar-refractivity contribution in [2.75, 3.05) is 52.9 Å². The van der Waals surface area contributed by atoms with E-state index >= 15 is 0 Å². The third-order valence-corrected chi connectivity index (χ3v) is 8.85. The quantitative estimate of drug-likeness (QED) is 0.345. The topological polar surface area (TPSA) is 48.1 Å². The van der Waals surface area contributed by atoms with E-state index in [2.05, 4.69) is 68.5 Å². The van der Waals surface area contributed by atoms with Crippen molar-refractivity contribution in [1.82, 2.24) is 20.0 Å². The largest absolute Gasteiger partial charge is 0.496 e. The van der Waals surface area contributed by atoms with Crippen LogP contribution in [0.4, 0.5) is 0 Å². The van der Waals surface area contributed by atoms with E-state index in [0.29, 0.717) is 12.5 Å². The van der Waals surface area contributed by atoms with Gasteiger partial charge in [-0.3, -0.25) is 9.69 Å². The van der Waals surface area contributed by atoms with Crippen LogP contribution in [0.2, 0.25) is 5.02 Å². The fraction of sp³-hybridized carbons (Fsp3) is 0.441. The molecule has 0 aromatic heterocycles. The molecule has 0 saturated carbocycles. The zero-order valence-corrected chi connectivity index (χ0v) is 24.9. The van der Waals surface area contributed by atoms with Crippen LogP contribution in [0.25, 0.3) is 0 Å². The minimum Gasteiger partial charge on any atom is -0.496 e. The number of piperidine rings is 1. The van der Waals surface area contributed by atoms with E-state index in [1.165, 1.54) is 16.7 Å². The van der Waals surface area contributed by atoms with Crippen LogP contribution in [-0.4, -0.2) is 79.6 Å². The molecule has 2 fully saturated rings. The SMILES string of the molecule is COc1ccccc1CN1CCN(C(=O)C(NCc2ccccc2)C2CCN(CCc3cccc(Cl)c3)CC2)CC1. The minimum atomic E-state index is -0.161. The summed E-state index contributed by atoms with van der Waals surface area (Å²) >= 11 is 6.18. The molecule has 1 unspecified atom stereocenters. The van der Waals surface area contributed by atoms with E-state index in [1.807, 2.05) is 30.3 Å². The molecule has 6 nitrogen and oxygen atoms in total. The molecule has 3 aromatic rings. The summed E-state index contributed by atoms with van der Waals surface area (Å²) in [6.45, 7) is 7.89. The minimum absolute atomic E-state index is 0.161. The number of nitrogens with one attached hydrogen (secondary N) is 1. The highest BCUT2D eigenvalue weighted by Gasteiger charge is 2.35. The van der Waals surface area contributed by atoms with Crippen molar-refractivity contribution in [3.8, 4) is 5.75 Å². The van der Waals surface area contributed by atoms with Gasteiger partial charge >= 0.3 is 0 Å². The van der Waals surface area contributed by atoms with Crippen LogP contribution >= 0.6 is 11.6 Å². The molecule has 2 saturated heterocycles. The lowest BCUT2D eigenvalue weighted by Crippen LogP contribution is -2.57. The molecule has 1 N–H and O–H groups in total. The lowest BCUT2D eigenvalue weighted by atomic mass is 9.88. The normalized spacial score (nSPS) is 17.9. The standard InChI is InChI=1S/C34H43ClN4O2/c1-41-32-13-6-5-11-30(32)26-38-20-22-39(23-21-38)34(40)33(36-25-28-8-3-2-4-9-28)29-15-18-37(19-16-29)17-14-27-10-7-12-31(35)24-27/h2-13,24,29,33,36H,14-23,25-26H2,1H3. The molecular formula is C34H43ClN4O2. The van der Waals surface area contributed by atoms with Crippen molar-refractivity contribution in [2.24, 2.45) is 5.92 Å². The Balaban J connectivity index is 1.17. The molecule has 3 aromatic carbocycles. The van der Waals surface area contributed by atoms with Crippen molar-refractivity contribution < 1.29 is 9.53 Å². The second-order valence-corrected chi connectivity index (χ2v) is 11.8. The van der Waals surface area contributed by atoms with Crippen molar-refractivity contribution >= 4 is 17.5 Å². The predicted molar refractivity (Wildman–Crippen MR) is 166 cm³/mol. The number of piperazine rings is 1. The van der Waals surface area contributed by atoms with E-state index in [0.717, 1.165) is 82.4 Å². The number of likely N-dealkylation sites (tertiary alicyclic amines) is 1. The highest BCUT2D eigenvalue weighted by atomic mass is 35.5. The molecule has 1 atom stereocenters. The van der Waals surface area contributed by atoms with Gasteiger partial charge in [0.15, 0.2) is 0 Å². The van der Waals surface area contributed by atoms with Crippen LogP contribution in [-0.2, 0) is 24.3 Å². The summed E-state index contributed by atoms with van der Waals surface area (Å²) in [6.07, 6.45) is 3.06. The molecular weight excluding hydrogens is 532 g/mol. The maximum atomic E-state index is 14.0. The number of benzene rings is 3. The van der Waals surface area contributed by atoms with Crippen molar-refractivity contribution in [3.63, 3.8) is 0 Å². The molecule has 41 heavy (non-hydrogen) atoms. The summed E-state index contributed by atoms with van der Waals surface area (Å²) in [6, 6.07) is 26.6. The maximum absolute atomic E-state index is 14.0.